The lowest BCUT2D eigenvalue weighted by atomic mass is 10.1. The summed E-state index contributed by atoms with van der Waals surface area (Å²) in [7, 11) is 1.73. The van der Waals surface area contributed by atoms with Crippen molar-refractivity contribution in [2.45, 2.75) is 20.5 Å². The number of hydrogen-bond donors (Lipinski definition) is 0. The first-order valence-electron chi connectivity index (χ1n) is 9.48. The zero-order valence-electron chi connectivity index (χ0n) is 16.8. The van der Waals surface area contributed by atoms with Crippen molar-refractivity contribution >= 4 is 23.2 Å². The number of halogens is 1. The predicted octanol–water partition coefficient (Wildman–Crippen LogP) is 5.90. The van der Waals surface area contributed by atoms with Gasteiger partial charge in [0.2, 0.25) is 0 Å². The lowest BCUT2D eigenvalue weighted by Crippen LogP contribution is -2.27. The molecule has 150 valence electrons. The fourth-order valence-corrected chi connectivity index (χ4v) is 3.09. The van der Waals surface area contributed by atoms with Crippen LogP contribution in [0, 0.1) is 6.92 Å². The summed E-state index contributed by atoms with van der Waals surface area (Å²) in [6.07, 6.45) is 0. The highest BCUT2D eigenvalue weighted by atomic mass is 35.5. The molecule has 29 heavy (non-hydrogen) atoms. The number of aryl methyl sites for hydroxylation is 1. The van der Waals surface area contributed by atoms with E-state index in [1.165, 1.54) is 0 Å². The van der Waals surface area contributed by atoms with E-state index in [0.717, 1.165) is 16.8 Å². The average Bonchev–Trinajstić information content (AvgIpc) is 2.74. The molecule has 0 aromatic heterocycles. The maximum atomic E-state index is 13.4. The lowest BCUT2D eigenvalue weighted by Gasteiger charge is -2.22. The molecule has 0 saturated heterocycles. The van der Waals surface area contributed by atoms with Crippen molar-refractivity contribution in [2.24, 2.45) is 0 Å². The maximum Gasteiger partial charge on any atom is 0.265 e. The maximum absolute atomic E-state index is 13.4. The van der Waals surface area contributed by atoms with Crippen molar-refractivity contribution in [1.82, 2.24) is 0 Å². The van der Waals surface area contributed by atoms with Crippen molar-refractivity contribution in [3.8, 4) is 11.5 Å². The molecule has 3 aromatic rings. The Bertz CT molecular complexity index is 989. The summed E-state index contributed by atoms with van der Waals surface area (Å²) < 4.78 is 11.7. The Balaban J connectivity index is 1.94. The SMILES string of the molecule is CCOc1cccc(OCc2ccccc2)c1C(=O)N(C)c1ccc(Cl)c(C)c1. The zero-order valence-corrected chi connectivity index (χ0v) is 17.6. The van der Waals surface area contributed by atoms with E-state index in [1.807, 2.05) is 62.4 Å². The molecule has 0 spiro atoms. The van der Waals surface area contributed by atoms with Gasteiger partial charge in [-0.25, -0.2) is 0 Å². The summed E-state index contributed by atoms with van der Waals surface area (Å²) in [5.74, 6) is 0.779. The zero-order chi connectivity index (χ0) is 20.8. The van der Waals surface area contributed by atoms with Gasteiger partial charge in [0.05, 0.1) is 6.61 Å². The van der Waals surface area contributed by atoms with Gasteiger partial charge in [0.1, 0.15) is 23.7 Å². The molecule has 3 aromatic carbocycles. The molecule has 0 heterocycles. The third-order valence-electron chi connectivity index (χ3n) is 4.57. The molecule has 3 rings (SSSR count). The predicted molar refractivity (Wildman–Crippen MR) is 117 cm³/mol. The number of rotatable bonds is 7. The van der Waals surface area contributed by atoms with Crippen LogP contribution >= 0.6 is 11.6 Å². The summed E-state index contributed by atoms with van der Waals surface area (Å²) in [5.41, 5.74) is 3.08. The summed E-state index contributed by atoms with van der Waals surface area (Å²) >= 11 is 6.13. The van der Waals surface area contributed by atoms with Crippen LogP contribution in [-0.2, 0) is 6.61 Å². The Morgan fingerprint density at radius 3 is 2.31 bits per heavy atom. The minimum Gasteiger partial charge on any atom is -0.493 e. The van der Waals surface area contributed by atoms with E-state index >= 15 is 0 Å². The molecule has 0 aliphatic rings. The standard InChI is InChI=1S/C24H24ClNO3/c1-4-28-21-11-8-12-22(29-16-18-9-6-5-7-10-18)23(21)24(27)26(3)19-13-14-20(25)17(2)15-19/h5-15H,4,16H2,1-3H3. The van der Waals surface area contributed by atoms with Gasteiger partial charge in [-0.15, -0.1) is 0 Å². The molecule has 4 nitrogen and oxygen atoms in total. The van der Waals surface area contributed by atoms with Crippen LogP contribution < -0.4 is 14.4 Å². The Morgan fingerprint density at radius 2 is 1.66 bits per heavy atom. The van der Waals surface area contributed by atoms with Crippen LogP contribution in [0.2, 0.25) is 5.02 Å². The second-order valence-electron chi connectivity index (χ2n) is 6.63. The quantitative estimate of drug-likeness (QED) is 0.487. The Morgan fingerprint density at radius 1 is 0.966 bits per heavy atom. The highest BCUT2D eigenvalue weighted by Crippen LogP contribution is 2.32. The number of carbonyl (C=O) groups excluding carboxylic acids is 1. The van der Waals surface area contributed by atoms with Crippen LogP contribution in [0.5, 0.6) is 11.5 Å². The number of amides is 1. The van der Waals surface area contributed by atoms with Gasteiger partial charge in [-0.05, 0) is 55.3 Å². The van der Waals surface area contributed by atoms with Crippen LogP contribution in [0.4, 0.5) is 5.69 Å². The van der Waals surface area contributed by atoms with Crippen LogP contribution in [0.1, 0.15) is 28.4 Å². The van der Waals surface area contributed by atoms with Gasteiger partial charge in [-0.1, -0.05) is 48.0 Å². The van der Waals surface area contributed by atoms with E-state index in [2.05, 4.69) is 0 Å². The first kappa shape index (κ1) is 20.7. The van der Waals surface area contributed by atoms with Gasteiger partial charge >= 0.3 is 0 Å². The van der Waals surface area contributed by atoms with Gasteiger partial charge in [0.15, 0.2) is 0 Å². The molecule has 0 aliphatic carbocycles. The van der Waals surface area contributed by atoms with Crippen molar-refractivity contribution in [2.75, 3.05) is 18.6 Å². The third kappa shape index (κ3) is 4.90. The summed E-state index contributed by atoms with van der Waals surface area (Å²) in [6.45, 7) is 4.61. The molecular formula is C24H24ClNO3. The summed E-state index contributed by atoms with van der Waals surface area (Å²) in [4.78, 5) is 15.0. The molecular weight excluding hydrogens is 386 g/mol. The smallest absolute Gasteiger partial charge is 0.265 e. The molecule has 0 saturated carbocycles. The highest BCUT2D eigenvalue weighted by Gasteiger charge is 2.23. The molecule has 5 heteroatoms. The minimum absolute atomic E-state index is 0.209. The number of anilines is 1. The van der Waals surface area contributed by atoms with Crippen LogP contribution in [0.15, 0.2) is 66.7 Å². The van der Waals surface area contributed by atoms with E-state index < -0.39 is 0 Å². The minimum atomic E-state index is -0.209. The number of hydrogen-bond acceptors (Lipinski definition) is 3. The number of nitrogens with zero attached hydrogens (tertiary/aromatic N) is 1. The monoisotopic (exact) mass is 409 g/mol. The van der Waals surface area contributed by atoms with Crippen molar-refractivity contribution < 1.29 is 14.3 Å². The molecule has 0 atom stereocenters. The first-order chi connectivity index (χ1) is 14.0. The fraction of sp³-hybridized carbons (Fsp3) is 0.208. The highest BCUT2D eigenvalue weighted by molar-refractivity contribution is 6.31. The molecule has 0 aliphatic heterocycles. The largest absolute Gasteiger partial charge is 0.493 e. The van der Waals surface area contributed by atoms with Crippen molar-refractivity contribution in [3.63, 3.8) is 0 Å². The number of ether oxygens (including phenoxy) is 2. The van der Waals surface area contributed by atoms with Crippen molar-refractivity contribution in [1.29, 1.82) is 0 Å². The van der Waals surface area contributed by atoms with Gasteiger partial charge < -0.3 is 14.4 Å². The van der Waals surface area contributed by atoms with E-state index in [-0.39, 0.29) is 5.91 Å². The van der Waals surface area contributed by atoms with Crippen LogP contribution in [0.3, 0.4) is 0 Å². The Hall–Kier alpha value is -2.98. The molecule has 0 radical (unpaired) electrons. The first-order valence-corrected chi connectivity index (χ1v) is 9.85. The molecule has 0 N–H and O–H groups in total. The molecule has 0 bridgehead atoms. The van der Waals surface area contributed by atoms with Crippen LogP contribution in [-0.4, -0.2) is 19.6 Å². The third-order valence-corrected chi connectivity index (χ3v) is 5.00. The second-order valence-corrected chi connectivity index (χ2v) is 7.04. The van der Waals surface area contributed by atoms with E-state index in [1.54, 1.807) is 30.1 Å². The van der Waals surface area contributed by atoms with Crippen molar-refractivity contribution in [3.05, 3.63) is 88.4 Å². The average molecular weight is 410 g/mol. The van der Waals surface area contributed by atoms with Gasteiger partial charge in [0.25, 0.3) is 5.91 Å². The number of carbonyl (C=O) groups is 1. The lowest BCUT2D eigenvalue weighted by molar-refractivity contribution is 0.0984. The fourth-order valence-electron chi connectivity index (χ4n) is 2.98. The topological polar surface area (TPSA) is 38.8 Å². The van der Waals surface area contributed by atoms with E-state index in [4.69, 9.17) is 21.1 Å². The van der Waals surface area contributed by atoms with Gasteiger partial charge in [-0.2, -0.15) is 0 Å². The summed E-state index contributed by atoms with van der Waals surface area (Å²) in [5, 5.41) is 0.663. The van der Waals surface area contributed by atoms with E-state index in [9.17, 15) is 4.79 Å². The Kier molecular flexibility index (Phi) is 6.78. The summed E-state index contributed by atoms with van der Waals surface area (Å²) in [6, 6.07) is 20.7. The number of benzene rings is 3. The normalized spacial score (nSPS) is 10.5. The second kappa shape index (κ2) is 9.48. The molecule has 0 unspecified atom stereocenters. The molecule has 1 amide bonds. The molecule has 0 fully saturated rings. The Labute approximate surface area is 176 Å². The van der Waals surface area contributed by atoms with Gasteiger partial charge in [0, 0.05) is 17.8 Å². The van der Waals surface area contributed by atoms with Gasteiger partial charge in [-0.3, -0.25) is 4.79 Å². The van der Waals surface area contributed by atoms with Crippen LogP contribution in [0.25, 0.3) is 0 Å². The van der Waals surface area contributed by atoms with E-state index in [0.29, 0.717) is 35.3 Å².